The third-order valence-electron chi connectivity index (χ3n) is 2.23. The SMILES string of the molecule is Nc1nc(N)c(-c2ccc(Cl)cc2)c(C=O)n1. The Morgan fingerprint density at radius 2 is 1.76 bits per heavy atom. The largest absolute Gasteiger partial charge is 0.383 e. The zero-order chi connectivity index (χ0) is 12.4. The first-order chi connectivity index (χ1) is 8.11. The van der Waals surface area contributed by atoms with Crippen molar-refractivity contribution in [1.82, 2.24) is 9.97 Å². The van der Waals surface area contributed by atoms with Crippen LogP contribution in [0.25, 0.3) is 11.1 Å². The van der Waals surface area contributed by atoms with E-state index in [2.05, 4.69) is 9.97 Å². The molecule has 1 aromatic heterocycles. The molecule has 4 N–H and O–H groups in total. The third-order valence-corrected chi connectivity index (χ3v) is 2.48. The second-order valence-electron chi connectivity index (χ2n) is 3.35. The van der Waals surface area contributed by atoms with Gasteiger partial charge in [-0.25, -0.2) is 4.98 Å². The van der Waals surface area contributed by atoms with Crippen LogP contribution in [-0.4, -0.2) is 16.3 Å². The Morgan fingerprint density at radius 3 is 2.35 bits per heavy atom. The summed E-state index contributed by atoms with van der Waals surface area (Å²) in [7, 11) is 0. The first-order valence-electron chi connectivity index (χ1n) is 4.76. The zero-order valence-corrected chi connectivity index (χ0v) is 9.48. The number of aldehydes is 1. The lowest BCUT2D eigenvalue weighted by molar-refractivity contribution is 0.111. The van der Waals surface area contributed by atoms with Gasteiger partial charge in [0.25, 0.3) is 0 Å². The van der Waals surface area contributed by atoms with Gasteiger partial charge in [0.1, 0.15) is 11.5 Å². The summed E-state index contributed by atoms with van der Waals surface area (Å²) >= 11 is 5.79. The van der Waals surface area contributed by atoms with Gasteiger partial charge < -0.3 is 11.5 Å². The molecule has 0 unspecified atom stereocenters. The van der Waals surface area contributed by atoms with E-state index in [9.17, 15) is 4.79 Å². The van der Waals surface area contributed by atoms with Crippen LogP contribution in [0.2, 0.25) is 5.02 Å². The molecule has 0 aliphatic carbocycles. The van der Waals surface area contributed by atoms with Crippen molar-refractivity contribution in [2.24, 2.45) is 0 Å². The van der Waals surface area contributed by atoms with Gasteiger partial charge in [0.15, 0.2) is 6.29 Å². The fourth-order valence-corrected chi connectivity index (χ4v) is 1.64. The topological polar surface area (TPSA) is 94.9 Å². The fourth-order valence-electron chi connectivity index (χ4n) is 1.51. The Kier molecular flexibility index (Phi) is 2.93. The summed E-state index contributed by atoms with van der Waals surface area (Å²) < 4.78 is 0. The predicted octanol–water partition coefficient (Wildman–Crippen LogP) is 1.77. The molecular formula is C11H9ClN4O. The van der Waals surface area contributed by atoms with Gasteiger partial charge in [-0.15, -0.1) is 0 Å². The van der Waals surface area contributed by atoms with Crippen molar-refractivity contribution in [3.05, 3.63) is 35.0 Å². The number of benzene rings is 1. The molecule has 0 radical (unpaired) electrons. The van der Waals surface area contributed by atoms with Crippen molar-refractivity contribution in [2.45, 2.75) is 0 Å². The number of anilines is 2. The maximum Gasteiger partial charge on any atom is 0.222 e. The van der Waals surface area contributed by atoms with Crippen LogP contribution in [0.15, 0.2) is 24.3 Å². The second-order valence-corrected chi connectivity index (χ2v) is 3.79. The molecule has 6 heteroatoms. The highest BCUT2D eigenvalue weighted by Gasteiger charge is 2.12. The molecule has 1 heterocycles. The molecule has 0 saturated heterocycles. The van der Waals surface area contributed by atoms with E-state index in [-0.39, 0.29) is 17.5 Å². The predicted molar refractivity (Wildman–Crippen MR) is 66.7 cm³/mol. The van der Waals surface area contributed by atoms with Crippen molar-refractivity contribution in [2.75, 3.05) is 11.5 Å². The Balaban J connectivity index is 2.65. The number of carbonyl (C=O) groups excluding carboxylic acids is 1. The molecule has 0 aliphatic heterocycles. The van der Waals surface area contributed by atoms with Gasteiger partial charge in [0.05, 0.1) is 5.56 Å². The molecule has 0 aliphatic rings. The summed E-state index contributed by atoms with van der Waals surface area (Å²) in [4.78, 5) is 18.6. The number of halogens is 1. The quantitative estimate of drug-likeness (QED) is 0.790. The molecular weight excluding hydrogens is 240 g/mol. The van der Waals surface area contributed by atoms with Crippen LogP contribution in [0.3, 0.4) is 0 Å². The lowest BCUT2D eigenvalue weighted by Crippen LogP contribution is -2.06. The molecule has 0 amide bonds. The van der Waals surface area contributed by atoms with Crippen LogP contribution in [0.5, 0.6) is 0 Å². The minimum absolute atomic E-state index is 0.0256. The van der Waals surface area contributed by atoms with Gasteiger partial charge in [-0.2, -0.15) is 4.98 Å². The number of nitrogens with zero attached hydrogens (tertiary/aromatic N) is 2. The molecule has 2 aromatic rings. The minimum atomic E-state index is -0.0256. The van der Waals surface area contributed by atoms with Crippen LogP contribution >= 0.6 is 11.6 Å². The highest BCUT2D eigenvalue weighted by molar-refractivity contribution is 6.30. The van der Waals surface area contributed by atoms with Crippen molar-refractivity contribution in [3.8, 4) is 11.1 Å². The van der Waals surface area contributed by atoms with Crippen molar-refractivity contribution >= 4 is 29.7 Å². The van der Waals surface area contributed by atoms with E-state index < -0.39 is 0 Å². The summed E-state index contributed by atoms with van der Waals surface area (Å²) in [5.74, 6) is 0.143. The smallest absolute Gasteiger partial charge is 0.222 e. The van der Waals surface area contributed by atoms with Gasteiger partial charge >= 0.3 is 0 Å². The molecule has 86 valence electrons. The average molecular weight is 249 g/mol. The highest BCUT2D eigenvalue weighted by atomic mass is 35.5. The van der Waals surface area contributed by atoms with E-state index in [1.807, 2.05) is 0 Å². The van der Waals surface area contributed by atoms with Crippen LogP contribution in [-0.2, 0) is 0 Å². The van der Waals surface area contributed by atoms with Gasteiger partial charge in [-0.1, -0.05) is 23.7 Å². The number of hydrogen-bond acceptors (Lipinski definition) is 5. The lowest BCUT2D eigenvalue weighted by atomic mass is 10.1. The minimum Gasteiger partial charge on any atom is -0.383 e. The molecule has 1 aromatic carbocycles. The highest BCUT2D eigenvalue weighted by Crippen LogP contribution is 2.28. The van der Waals surface area contributed by atoms with E-state index in [1.165, 1.54) is 0 Å². The number of hydrogen-bond donors (Lipinski definition) is 2. The zero-order valence-electron chi connectivity index (χ0n) is 8.72. The summed E-state index contributed by atoms with van der Waals surface area (Å²) in [5, 5.41) is 0.594. The molecule has 0 atom stereocenters. The number of carbonyl (C=O) groups is 1. The Hall–Kier alpha value is -2.14. The van der Waals surface area contributed by atoms with E-state index in [0.717, 1.165) is 0 Å². The molecule has 0 spiro atoms. The number of nitrogen functional groups attached to an aromatic ring is 2. The molecule has 0 saturated carbocycles. The standard InChI is InChI=1S/C11H9ClN4O/c12-7-3-1-6(2-4-7)9-8(5-17)15-11(14)16-10(9)13/h1-5H,(H4,13,14,15,16). The number of aromatic nitrogens is 2. The van der Waals surface area contributed by atoms with Gasteiger partial charge in [0, 0.05) is 5.02 Å². The summed E-state index contributed by atoms with van der Waals surface area (Å²) in [5.41, 5.74) is 12.5. The first-order valence-corrected chi connectivity index (χ1v) is 5.13. The third kappa shape index (κ3) is 2.19. The van der Waals surface area contributed by atoms with E-state index >= 15 is 0 Å². The summed E-state index contributed by atoms with van der Waals surface area (Å²) in [6.45, 7) is 0. The van der Waals surface area contributed by atoms with Crippen LogP contribution < -0.4 is 11.5 Å². The van der Waals surface area contributed by atoms with E-state index in [1.54, 1.807) is 24.3 Å². The molecule has 0 bridgehead atoms. The lowest BCUT2D eigenvalue weighted by Gasteiger charge is -2.08. The van der Waals surface area contributed by atoms with E-state index in [0.29, 0.717) is 22.4 Å². The summed E-state index contributed by atoms with van der Waals surface area (Å²) in [6, 6.07) is 6.86. The van der Waals surface area contributed by atoms with Gasteiger partial charge in [-0.05, 0) is 17.7 Å². The Bertz CT molecular complexity index is 568. The monoisotopic (exact) mass is 248 g/mol. The van der Waals surface area contributed by atoms with Gasteiger partial charge in [-0.3, -0.25) is 4.79 Å². The van der Waals surface area contributed by atoms with Crippen LogP contribution in [0.4, 0.5) is 11.8 Å². The maximum absolute atomic E-state index is 10.9. The second kappa shape index (κ2) is 4.39. The van der Waals surface area contributed by atoms with Gasteiger partial charge in [0.2, 0.25) is 5.95 Å². The average Bonchev–Trinajstić information content (AvgIpc) is 2.30. The Labute approximate surface area is 102 Å². The van der Waals surface area contributed by atoms with Crippen LogP contribution in [0.1, 0.15) is 10.5 Å². The van der Waals surface area contributed by atoms with Crippen molar-refractivity contribution in [1.29, 1.82) is 0 Å². The normalized spacial score (nSPS) is 10.2. The first kappa shape index (κ1) is 11.3. The molecule has 5 nitrogen and oxygen atoms in total. The Morgan fingerprint density at radius 1 is 1.12 bits per heavy atom. The fraction of sp³-hybridized carbons (Fsp3) is 0. The number of nitrogens with two attached hydrogens (primary N) is 2. The molecule has 17 heavy (non-hydrogen) atoms. The van der Waals surface area contributed by atoms with Crippen molar-refractivity contribution < 1.29 is 4.79 Å². The maximum atomic E-state index is 10.9. The van der Waals surface area contributed by atoms with Crippen LogP contribution in [0, 0.1) is 0 Å². The van der Waals surface area contributed by atoms with Crippen molar-refractivity contribution in [3.63, 3.8) is 0 Å². The molecule has 0 fully saturated rings. The molecule has 2 rings (SSSR count). The van der Waals surface area contributed by atoms with E-state index in [4.69, 9.17) is 23.1 Å². The number of rotatable bonds is 2. The summed E-state index contributed by atoms with van der Waals surface area (Å²) in [6.07, 6.45) is 0.596.